The van der Waals surface area contributed by atoms with E-state index in [9.17, 15) is 0 Å². The maximum atomic E-state index is 5.79. The third-order valence-corrected chi connectivity index (χ3v) is 4.26. The lowest BCUT2D eigenvalue weighted by Crippen LogP contribution is -2.41. The smallest absolute Gasteiger partial charge is 0.131 e. The molecule has 0 aromatic rings. The van der Waals surface area contributed by atoms with Crippen LogP contribution in [0.2, 0.25) is 19.6 Å². The van der Waals surface area contributed by atoms with Crippen LogP contribution in [0.5, 0.6) is 0 Å². The highest BCUT2D eigenvalue weighted by Gasteiger charge is 2.39. The van der Waals surface area contributed by atoms with Crippen LogP contribution in [0.3, 0.4) is 0 Å². The number of ether oxygens (including phenoxy) is 1. The molecule has 2 atom stereocenters. The minimum absolute atomic E-state index is 0.273. The van der Waals surface area contributed by atoms with Gasteiger partial charge in [-0.3, -0.25) is 0 Å². The van der Waals surface area contributed by atoms with E-state index in [0.29, 0.717) is 5.92 Å². The molecule has 1 rings (SSSR count). The normalized spacial score (nSPS) is 29.0. The first-order valence-corrected chi connectivity index (χ1v) is 9.96. The van der Waals surface area contributed by atoms with Crippen molar-refractivity contribution in [2.24, 2.45) is 5.92 Å². The van der Waals surface area contributed by atoms with E-state index in [2.05, 4.69) is 37.0 Å². The summed E-state index contributed by atoms with van der Waals surface area (Å²) in [5.74, 6) is 6.65. The van der Waals surface area contributed by atoms with Gasteiger partial charge in [0.2, 0.25) is 0 Å². The molecule has 0 aromatic heterocycles. The third kappa shape index (κ3) is 3.91. The Morgan fingerprint density at radius 2 is 2.06 bits per heavy atom. The predicted molar refractivity (Wildman–Crippen MR) is 76.3 cm³/mol. The van der Waals surface area contributed by atoms with Crippen molar-refractivity contribution < 1.29 is 4.74 Å². The van der Waals surface area contributed by atoms with Crippen LogP contribution in [0.4, 0.5) is 0 Å². The topological polar surface area (TPSA) is 9.23 Å². The van der Waals surface area contributed by atoms with Crippen LogP contribution in [-0.4, -0.2) is 20.8 Å². The lowest BCUT2D eigenvalue weighted by molar-refractivity contribution is -0.0340. The Morgan fingerprint density at radius 3 is 2.59 bits per heavy atom. The van der Waals surface area contributed by atoms with Gasteiger partial charge < -0.3 is 4.74 Å². The van der Waals surface area contributed by atoms with E-state index in [0.717, 1.165) is 19.3 Å². The maximum absolute atomic E-state index is 5.79. The van der Waals surface area contributed by atoms with Crippen LogP contribution >= 0.6 is 0 Å². The molecule has 0 aliphatic heterocycles. The van der Waals surface area contributed by atoms with Crippen molar-refractivity contribution in [3.63, 3.8) is 0 Å². The first-order chi connectivity index (χ1) is 7.93. The Balaban J connectivity index is 2.97. The lowest BCUT2D eigenvalue weighted by atomic mass is 9.74. The summed E-state index contributed by atoms with van der Waals surface area (Å²) in [6.07, 6.45) is 10.9. The molecule has 1 aliphatic carbocycles. The second-order valence-electron chi connectivity index (χ2n) is 5.94. The zero-order valence-electron chi connectivity index (χ0n) is 11.6. The van der Waals surface area contributed by atoms with Gasteiger partial charge in [0.05, 0.1) is 0 Å². The van der Waals surface area contributed by atoms with Crippen LogP contribution in [0.1, 0.15) is 32.1 Å². The van der Waals surface area contributed by atoms with Crippen molar-refractivity contribution >= 4 is 8.07 Å². The zero-order valence-corrected chi connectivity index (χ0v) is 12.6. The summed E-state index contributed by atoms with van der Waals surface area (Å²) in [6.45, 7) is 6.80. The fourth-order valence-corrected chi connectivity index (χ4v) is 2.99. The molecule has 1 fully saturated rings. The van der Waals surface area contributed by atoms with Gasteiger partial charge in [0.1, 0.15) is 13.7 Å². The molecule has 0 heterocycles. The number of terminal acetylenes is 1. The quantitative estimate of drug-likeness (QED) is 0.537. The molecule has 0 bridgehead atoms. The number of hydrogen-bond donors (Lipinski definition) is 0. The van der Waals surface area contributed by atoms with E-state index in [-0.39, 0.29) is 5.60 Å². The van der Waals surface area contributed by atoms with Gasteiger partial charge in [0, 0.05) is 19.4 Å². The molecule has 0 saturated heterocycles. The summed E-state index contributed by atoms with van der Waals surface area (Å²) in [7, 11) is 0.436. The third-order valence-electron chi connectivity index (χ3n) is 3.39. The van der Waals surface area contributed by atoms with Crippen LogP contribution in [0, 0.1) is 29.7 Å². The van der Waals surface area contributed by atoms with E-state index < -0.39 is 8.07 Å². The summed E-state index contributed by atoms with van der Waals surface area (Å²) in [6, 6.07) is 0. The van der Waals surface area contributed by atoms with Crippen molar-refractivity contribution in [3.8, 4) is 23.8 Å². The average molecular weight is 248 g/mol. The molecule has 0 amide bonds. The first-order valence-electron chi connectivity index (χ1n) is 6.46. The number of rotatable bonds is 2. The average Bonchev–Trinajstić information content (AvgIpc) is 2.28. The molecule has 94 valence electrons. The maximum Gasteiger partial charge on any atom is 0.131 e. The van der Waals surface area contributed by atoms with Gasteiger partial charge in [-0.15, -0.1) is 17.9 Å². The molecular formula is C15H24OSi. The fraction of sp³-hybridized carbons (Fsp3) is 0.733. The molecule has 1 nitrogen and oxygen atoms in total. The molecule has 0 radical (unpaired) electrons. The summed E-state index contributed by atoms with van der Waals surface area (Å²) < 4.78 is 5.79. The van der Waals surface area contributed by atoms with Crippen LogP contribution in [0.15, 0.2) is 0 Å². The van der Waals surface area contributed by atoms with Crippen molar-refractivity contribution in [1.29, 1.82) is 0 Å². The highest BCUT2D eigenvalue weighted by atomic mass is 28.3. The van der Waals surface area contributed by atoms with E-state index in [1.807, 2.05) is 0 Å². The molecule has 0 N–H and O–H groups in total. The number of methoxy groups -OCH3 is 1. The molecule has 17 heavy (non-hydrogen) atoms. The van der Waals surface area contributed by atoms with Crippen LogP contribution < -0.4 is 0 Å². The van der Waals surface area contributed by atoms with Crippen molar-refractivity contribution in [1.82, 2.24) is 0 Å². The second-order valence-corrected chi connectivity index (χ2v) is 10.7. The lowest BCUT2D eigenvalue weighted by Gasteiger charge is -2.38. The Hall–Kier alpha value is -0.703. The minimum Gasteiger partial charge on any atom is -0.365 e. The minimum atomic E-state index is -1.35. The second kappa shape index (κ2) is 5.76. The standard InChI is InChI=1S/C15H24OSi/c1-6-9-14-10-7-8-11-15(14,16-2)12-13-17(3,4)5/h1,14H,7-11H2,2-5H3/t14-,15-/m0/s1. The molecule has 2 heteroatoms. The predicted octanol–water partition coefficient (Wildman–Crippen LogP) is 3.47. The van der Waals surface area contributed by atoms with Gasteiger partial charge >= 0.3 is 0 Å². The monoisotopic (exact) mass is 248 g/mol. The Bertz CT molecular complexity index is 350. The van der Waals surface area contributed by atoms with E-state index in [4.69, 9.17) is 11.2 Å². The molecule has 1 aliphatic rings. The largest absolute Gasteiger partial charge is 0.365 e. The fourth-order valence-electron chi connectivity index (χ4n) is 2.40. The van der Waals surface area contributed by atoms with Gasteiger partial charge in [-0.05, 0) is 19.3 Å². The highest BCUT2D eigenvalue weighted by Crippen LogP contribution is 2.38. The summed E-state index contributed by atoms with van der Waals surface area (Å²) in [5, 5.41) is 0. The zero-order chi connectivity index (χ0) is 12.9. The highest BCUT2D eigenvalue weighted by molar-refractivity contribution is 6.83. The van der Waals surface area contributed by atoms with E-state index in [1.54, 1.807) is 7.11 Å². The van der Waals surface area contributed by atoms with Gasteiger partial charge in [-0.25, -0.2) is 0 Å². The Kier molecular flexibility index (Phi) is 4.87. The molecule has 0 spiro atoms. The van der Waals surface area contributed by atoms with Crippen molar-refractivity contribution in [2.45, 2.75) is 57.3 Å². The molecule has 1 saturated carbocycles. The van der Waals surface area contributed by atoms with Gasteiger partial charge in [0.15, 0.2) is 0 Å². The number of hydrogen-bond acceptors (Lipinski definition) is 1. The van der Waals surface area contributed by atoms with Gasteiger partial charge in [0.25, 0.3) is 0 Å². The van der Waals surface area contributed by atoms with Crippen LogP contribution in [-0.2, 0) is 4.74 Å². The molecule has 0 aromatic carbocycles. The van der Waals surface area contributed by atoms with E-state index in [1.165, 1.54) is 12.8 Å². The molecular weight excluding hydrogens is 224 g/mol. The van der Waals surface area contributed by atoms with Crippen molar-refractivity contribution in [2.75, 3.05) is 7.11 Å². The SMILES string of the molecule is C#CC[C@H]1CCCC[C@@]1(C#C[Si](C)(C)C)OC. The van der Waals surface area contributed by atoms with Gasteiger partial charge in [-0.1, -0.05) is 32.0 Å². The molecule has 0 unspecified atom stereocenters. The first kappa shape index (κ1) is 14.4. The van der Waals surface area contributed by atoms with E-state index >= 15 is 0 Å². The summed E-state index contributed by atoms with van der Waals surface area (Å²) >= 11 is 0. The Morgan fingerprint density at radius 1 is 1.35 bits per heavy atom. The summed E-state index contributed by atoms with van der Waals surface area (Å²) in [4.78, 5) is 0. The summed E-state index contributed by atoms with van der Waals surface area (Å²) in [5.41, 5.74) is 3.19. The Labute approximate surface area is 107 Å². The van der Waals surface area contributed by atoms with Gasteiger partial charge in [-0.2, -0.15) is 0 Å². The van der Waals surface area contributed by atoms with Crippen molar-refractivity contribution in [3.05, 3.63) is 0 Å². The van der Waals surface area contributed by atoms with Crippen LogP contribution in [0.25, 0.3) is 0 Å².